The number of nitrogens with one attached hydrogen (secondary N) is 2. The third kappa shape index (κ3) is 17.2. The lowest BCUT2D eigenvalue weighted by molar-refractivity contribution is -0.955. The first kappa shape index (κ1) is 59.9. The zero-order chi connectivity index (χ0) is 54.2. The number of nitriles is 1. The Labute approximate surface area is 443 Å². The Hall–Kier alpha value is -5.68. The van der Waals surface area contributed by atoms with E-state index in [2.05, 4.69) is 44.5 Å². The van der Waals surface area contributed by atoms with Gasteiger partial charge in [-0.3, -0.25) is 28.9 Å². The molecule has 73 heavy (non-hydrogen) atoms. The molecule has 0 radical (unpaired) electrons. The molecule has 394 valence electrons. The van der Waals surface area contributed by atoms with Gasteiger partial charge in [0.15, 0.2) is 17.3 Å². The lowest BCUT2D eigenvalue weighted by Crippen LogP contribution is -2.48. The average Bonchev–Trinajstić information content (AvgIpc) is 3.35. The van der Waals surface area contributed by atoms with E-state index in [1.54, 1.807) is 44.2 Å². The molecule has 20 heteroatoms. The topological polar surface area (TPSA) is 204 Å². The molecular formula is C53H68Cl2FN8O8S+. The van der Waals surface area contributed by atoms with Crippen molar-refractivity contribution in [1.29, 1.82) is 5.26 Å². The van der Waals surface area contributed by atoms with Crippen LogP contribution in [-0.2, 0) is 21.6 Å². The Balaban J connectivity index is 0.000000937. The zero-order valence-corrected chi connectivity index (χ0v) is 45.5. The predicted molar refractivity (Wildman–Crippen MR) is 283 cm³/mol. The molecule has 0 aliphatic carbocycles. The van der Waals surface area contributed by atoms with Crippen molar-refractivity contribution in [3.05, 3.63) is 105 Å². The van der Waals surface area contributed by atoms with Gasteiger partial charge in [0.1, 0.15) is 62.3 Å². The molecule has 0 bridgehead atoms. The van der Waals surface area contributed by atoms with Crippen molar-refractivity contribution >= 4 is 76.7 Å². The molecule has 1 saturated heterocycles. The number of alkyl halides is 1. The number of rotatable bonds is 24. The number of benzene rings is 3. The number of hydrogen-bond donors (Lipinski definition) is 4. The molecule has 1 aliphatic heterocycles. The van der Waals surface area contributed by atoms with Gasteiger partial charge in [-0.05, 0) is 84.4 Å². The summed E-state index contributed by atoms with van der Waals surface area (Å²) in [5.41, 5.74) is 4.89. The molecule has 1 aliphatic rings. The number of nitrogens with zero attached hydrogens (tertiary/aromatic N) is 6. The van der Waals surface area contributed by atoms with Gasteiger partial charge in [-0.1, -0.05) is 59.2 Å². The minimum absolute atomic E-state index is 0.0392. The highest BCUT2D eigenvalue weighted by molar-refractivity contribution is 7.74. The Kier molecular flexibility index (Phi) is 22.6. The van der Waals surface area contributed by atoms with Crippen molar-refractivity contribution in [1.82, 2.24) is 20.2 Å². The number of thiol groups is 1. The lowest BCUT2D eigenvalue weighted by atomic mass is 9.77. The van der Waals surface area contributed by atoms with E-state index in [0.29, 0.717) is 69.7 Å². The number of piperazine rings is 1. The van der Waals surface area contributed by atoms with Gasteiger partial charge >= 0.3 is 0 Å². The van der Waals surface area contributed by atoms with E-state index in [-0.39, 0.29) is 111 Å². The van der Waals surface area contributed by atoms with Crippen LogP contribution in [0.1, 0.15) is 135 Å². The van der Waals surface area contributed by atoms with Gasteiger partial charge in [0.05, 0.1) is 33.4 Å². The maximum absolute atomic E-state index is 15.5. The standard InChI is InChI=1S/C44H51Cl2FN8O6S.C9H16O2/c1-7-27(2)40(57)34-23-37(47)38(24-33(34)28(3)56)54-17-15-53(16-18-54)14-13-49-42(58)35-21-30(44(4,5)31-20-29(25-48)41(36(46)22-31)60-19-11-45)8-9-39(35)61-26-32-10-12-50-43(51-32)52-55(6,59)62;1-4-9(11)6-5-7(2)8(3)10/h8-10,12,20-24,27,59,62H,7,11,13-19,26H2,1-6H3,(H-,49,50,51,52,58);7H,4-6H2,1-3H3/p+1. The number of Topliss-reactive ketones (excluding diaryl/α,β-unsaturated/α-hetero) is 4. The minimum atomic E-state index is -0.901. The molecule has 5 rings (SSSR count). The first-order valence-corrected chi connectivity index (χ1v) is 25.5. The van der Waals surface area contributed by atoms with Crippen LogP contribution in [0, 0.1) is 29.0 Å². The summed E-state index contributed by atoms with van der Waals surface area (Å²) < 4.78 is 26.4. The monoisotopic (exact) mass is 1070 g/mol. The Bertz CT molecular complexity index is 2650. The van der Waals surface area contributed by atoms with Crippen LogP contribution in [0.15, 0.2) is 54.7 Å². The predicted octanol–water partition coefficient (Wildman–Crippen LogP) is 9.62. The molecule has 0 spiro atoms. The lowest BCUT2D eigenvalue weighted by Gasteiger charge is -2.36. The second-order valence-corrected chi connectivity index (χ2v) is 20.2. The van der Waals surface area contributed by atoms with Crippen LogP contribution in [0.2, 0.25) is 5.02 Å². The van der Waals surface area contributed by atoms with Crippen molar-refractivity contribution in [2.24, 2.45) is 11.8 Å². The molecule has 3 N–H and O–H groups in total. The van der Waals surface area contributed by atoms with Gasteiger partial charge in [0, 0.05) is 86.7 Å². The van der Waals surface area contributed by atoms with Gasteiger partial charge in [-0.25, -0.2) is 14.4 Å². The van der Waals surface area contributed by atoms with Crippen molar-refractivity contribution in [2.45, 2.75) is 93.1 Å². The van der Waals surface area contributed by atoms with Crippen LogP contribution in [0.25, 0.3) is 0 Å². The third-order valence-electron chi connectivity index (χ3n) is 12.7. The van der Waals surface area contributed by atoms with Gasteiger partial charge in [0.2, 0.25) is 0 Å². The summed E-state index contributed by atoms with van der Waals surface area (Å²) in [6, 6.07) is 15.2. The van der Waals surface area contributed by atoms with E-state index in [1.165, 1.54) is 32.3 Å². The van der Waals surface area contributed by atoms with Crippen LogP contribution in [0.4, 0.5) is 16.0 Å². The number of halogens is 3. The van der Waals surface area contributed by atoms with Crippen LogP contribution in [-0.4, -0.2) is 112 Å². The summed E-state index contributed by atoms with van der Waals surface area (Å²) in [4.78, 5) is 73.6. The normalized spacial score (nSPS) is 14.3. The second-order valence-electron chi connectivity index (χ2n) is 18.6. The molecule has 1 aromatic heterocycles. The van der Waals surface area contributed by atoms with Gasteiger partial charge < -0.3 is 19.7 Å². The van der Waals surface area contributed by atoms with E-state index in [0.717, 1.165) is 5.56 Å². The number of ether oxygens (including phenoxy) is 2. The number of carbonyl (C=O) groups excluding carboxylic acids is 5. The Morgan fingerprint density at radius 1 is 0.973 bits per heavy atom. The fourth-order valence-electron chi connectivity index (χ4n) is 7.73. The van der Waals surface area contributed by atoms with Crippen molar-refractivity contribution in [2.75, 3.05) is 69.1 Å². The third-order valence-corrected chi connectivity index (χ3v) is 13.3. The van der Waals surface area contributed by atoms with Crippen molar-refractivity contribution in [3.8, 4) is 17.6 Å². The number of amides is 1. The quantitative estimate of drug-likeness (QED) is 0.0170. The van der Waals surface area contributed by atoms with Gasteiger partial charge in [0.25, 0.3) is 11.9 Å². The van der Waals surface area contributed by atoms with Crippen LogP contribution >= 0.6 is 36.0 Å². The second kappa shape index (κ2) is 27.6. The van der Waals surface area contributed by atoms with Crippen LogP contribution in [0.5, 0.6) is 11.5 Å². The molecule has 1 amide bonds. The van der Waals surface area contributed by atoms with Gasteiger partial charge in [-0.2, -0.15) is 15.9 Å². The van der Waals surface area contributed by atoms with E-state index >= 15 is 4.39 Å². The Morgan fingerprint density at radius 2 is 1.67 bits per heavy atom. The SMILES string of the molecule is CCC(=O)CCC(C)C(C)=O.CCC(C)C(=O)c1cc(F)c(N2CCN(CCNC(=O)c3cc(C(C)(C)c4cc(Cl)c(OCCCl)c(C#N)c4)ccc3OCc3ccnc(N[N+](C)(O)S)n3)CC2)cc1C(C)=O. The highest BCUT2D eigenvalue weighted by atomic mass is 35.5. The largest absolute Gasteiger partial charge is 0.489 e. The number of carbonyl (C=O) groups is 5. The molecule has 4 aromatic rings. The molecule has 0 saturated carbocycles. The number of anilines is 2. The van der Waals surface area contributed by atoms with Gasteiger partial charge in [-0.15, -0.1) is 11.6 Å². The first-order chi connectivity index (χ1) is 34.4. The molecule has 16 nitrogen and oxygen atoms in total. The molecule has 2 heterocycles. The van der Waals surface area contributed by atoms with Crippen LogP contribution in [0.3, 0.4) is 0 Å². The summed E-state index contributed by atoms with van der Waals surface area (Å²) in [5.74, 6) is -0.491. The fraction of sp³-hybridized carbons (Fsp3) is 0.472. The van der Waals surface area contributed by atoms with E-state index in [9.17, 15) is 34.4 Å². The number of quaternary nitrogens is 1. The molecule has 3 unspecified atom stereocenters. The average molecular weight is 1070 g/mol. The fourth-order valence-corrected chi connectivity index (χ4v) is 8.17. The van der Waals surface area contributed by atoms with E-state index in [1.807, 2.05) is 45.6 Å². The highest BCUT2D eigenvalue weighted by Gasteiger charge is 2.30. The summed E-state index contributed by atoms with van der Waals surface area (Å²) in [5, 5.41) is 23.2. The summed E-state index contributed by atoms with van der Waals surface area (Å²) >= 11 is 16.4. The number of hydroxylamine groups is 1. The Morgan fingerprint density at radius 3 is 2.27 bits per heavy atom. The highest BCUT2D eigenvalue weighted by Crippen LogP contribution is 2.40. The molecular weight excluding hydrogens is 999 g/mol. The summed E-state index contributed by atoms with van der Waals surface area (Å²) in [6.45, 7) is 17.2. The van der Waals surface area contributed by atoms with Crippen molar-refractivity contribution < 1.29 is 47.2 Å². The molecule has 3 aromatic carbocycles. The summed E-state index contributed by atoms with van der Waals surface area (Å²) in [7, 11) is 1.37. The number of aromatic nitrogens is 2. The van der Waals surface area contributed by atoms with E-state index < -0.39 is 21.3 Å². The van der Waals surface area contributed by atoms with E-state index in [4.69, 9.17) is 32.7 Å². The zero-order valence-electron chi connectivity index (χ0n) is 43.1. The number of ketones is 4. The van der Waals surface area contributed by atoms with Crippen LogP contribution < -0.4 is 25.1 Å². The van der Waals surface area contributed by atoms with Crippen molar-refractivity contribution in [3.63, 3.8) is 0 Å². The maximum Gasteiger partial charge on any atom is 0.273 e. The molecule has 3 atom stereocenters. The number of hydrogen-bond acceptors (Lipinski definition) is 15. The molecule has 1 fully saturated rings. The maximum atomic E-state index is 15.5. The first-order valence-electron chi connectivity index (χ1n) is 24.2. The summed E-state index contributed by atoms with van der Waals surface area (Å²) in [6.07, 6.45) is 3.93. The minimum Gasteiger partial charge on any atom is -0.489 e. The smallest absolute Gasteiger partial charge is 0.273 e.